The van der Waals surface area contributed by atoms with Crippen LogP contribution >= 0.6 is 0 Å². The number of nitrogens with two attached hydrogens (primary N) is 1. The fourth-order valence-electron chi connectivity index (χ4n) is 3.27. The number of piperidine rings is 1. The zero-order chi connectivity index (χ0) is 15.2. The fraction of sp³-hybridized carbons (Fsp3) is 0.588. The zero-order valence-electron chi connectivity index (χ0n) is 13.1. The van der Waals surface area contributed by atoms with Crippen LogP contribution in [0.5, 0.6) is 0 Å². The number of carbonyl (C=O) groups is 1. The van der Waals surface area contributed by atoms with Gasteiger partial charge in [0.25, 0.3) is 0 Å². The molecule has 3 N–H and O–H groups in total. The molecular weight excluding hydrogens is 262 g/mol. The number of carbonyl (C=O) groups excluding carboxylic acids is 1. The Morgan fingerprint density at radius 3 is 2.62 bits per heavy atom. The molecule has 2 rings (SSSR count). The second-order valence-electron chi connectivity index (χ2n) is 6.37. The number of benzene rings is 1. The number of likely N-dealkylation sites (tertiary alicyclic amines) is 1. The maximum absolute atomic E-state index is 12.1. The molecule has 0 aromatic heterocycles. The first-order valence-electron chi connectivity index (χ1n) is 7.88. The minimum Gasteiger partial charge on any atom is -0.326 e. The number of nitrogens with one attached hydrogen (secondary N) is 1. The lowest BCUT2D eigenvalue weighted by molar-refractivity contribution is -0.116. The average molecular weight is 289 g/mol. The summed E-state index contributed by atoms with van der Waals surface area (Å²) in [6.45, 7) is 8.08. The minimum atomic E-state index is 0.0711. The van der Waals surface area contributed by atoms with Crippen molar-refractivity contribution in [2.45, 2.75) is 33.2 Å². The van der Waals surface area contributed by atoms with Crippen molar-refractivity contribution in [3.05, 3.63) is 29.8 Å². The molecule has 1 fully saturated rings. The average Bonchev–Trinajstić information content (AvgIpc) is 2.45. The molecule has 1 aliphatic rings. The Labute approximate surface area is 127 Å². The highest BCUT2D eigenvalue weighted by Gasteiger charge is 2.21. The lowest BCUT2D eigenvalue weighted by Gasteiger charge is -2.34. The molecular formula is C17H27N3O. The molecule has 0 saturated carbocycles. The third kappa shape index (κ3) is 4.83. The molecule has 0 radical (unpaired) electrons. The summed E-state index contributed by atoms with van der Waals surface area (Å²) in [4.78, 5) is 14.5. The molecule has 1 aliphatic heterocycles. The summed E-state index contributed by atoms with van der Waals surface area (Å²) in [5.74, 6) is 1.53. The zero-order valence-corrected chi connectivity index (χ0v) is 13.1. The van der Waals surface area contributed by atoms with E-state index in [1.807, 2.05) is 24.3 Å². The van der Waals surface area contributed by atoms with E-state index in [1.165, 1.54) is 6.42 Å². The second-order valence-corrected chi connectivity index (χ2v) is 6.37. The largest absolute Gasteiger partial charge is 0.326 e. The lowest BCUT2D eigenvalue weighted by Crippen LogP contribution is -2.40. The predicted molar refractivity (Wildman–Crippen MR) is 87.0 cm³/mol. The third-order valence-electron chi connectivity index (χ3n) is 4.11. The summed E-state index contributed by atoms with van der Waals surface area (Å²) >= 11 is 0. The summed E-state index contributed by atoms with van der Waals surface area (Å²) < 4.78 is 0. The Bertz CT molecular complexity index is 465. The number of hydrogen-bond donors (Lipinski definition) is 2. The van der Waals surface area contributed by atoms with Gasteiger partial charge < -0.3 is 16.0 Å². The fourth-order valence-corrected chi connectivity index (χ4v) is 3.27. The standard InChI is InChI=1S/C17H27N3O/c1-13-9-14(2)12-20(11-13)8-7-17(21)19-16-6-4-3-5-15(16)10-18/h3-6,13-14H,7-12,18H2,1-2H3,(H,19,21). The number of para-hydroxylation sites is 1. The van der Waals surface area contributed by atoms with Crippen molar-refractivity contribution < 1.29 is 4.79 Å². The first-order chi connectivity index (χ1) is 10.1. The monoisotopic (exact) mass is 289 g/mol. The van der Waals surface area contributed by atoms with Crippen LogP contribution in [0.25, 0.3) is 0 Å². The Morgan fingerprint density at radius 2 is 1.95 bits per heavy atom. The van der Waals surface area contributed by atoms with E-state index in [0.717, 1.165) is 42.7 Å². The van der Waals surface area contributed by atoms with Crippen LogP contribution < -0.4 is 11.1 Å². The highest BCUT2D eigenvalue weighted by molar-refractivity contribution is 5.91. The number of nitrogens with zero attached hydrogens (tertiary/aromatic N) is 1. The van der Waals surface area contributed by atoms with Gasteiger partial charge in [-0.2, -0.15) is 0 Å². The van der Waals surface area contributed by atoms with Crippen LogP contribution in [0, 0.1) is 11.8 Å². The van der Waals surface area contributed by atoms with Gasteiger partial charge in [0, 0.05) is 38.3 Å². The first-order valence-corrected chi connectivity index (χ1v) is 7.88. The Balaban J connectivity index is 1.82. The van der Waals surface area contributed by atoms with E-state index in [2.05, 4.69) is 24.1 Å². The van der Waals surface area contributed by atoms with Crippen molar-refractivity contribution in [2.24, 2.45) is 17.6 Å². The van der Waals surface area contributed by atoms with Gasteiger partial charge in [-0.15, -0.1) is 0 Å². The van der Waals surface area contributed by atoms with E-state index in [4.69, 9.17) is 5.73 Å². The SMILES string of the molecule is CC1CC(C)CN(CCC(=O)Nc2ccccc2CN)C1. The molecule has 0 spiro atoms. The molecule has 2 unspecified atom stereocenters. The van der Waals surface area contributed by atoms with Gasteiger partial charge in [-0.1, -0.05) is 32.0 Å². The molecule has 2 atom stereocenters. The molecule has 4 nitrogen and oxygen atoms in total. The Morgan fingerprint density at radius 1 is 1.29 bits per heavy atom. The maximum Gasteiger partial charge on any atom is 0.225 e. The normalized spacial score (nSPS) is 23.0. The van der Waals surface area contributed by atoms with Crippen molar-refractivity contribution in [1.82, 2.24) is 4.90 Å². The van der Waals surface area contributed by atoms with Gasteiger partial charge in [0.2, 0.25) is 5.91 Å². The van der Waals surface area contributed by atoms with E-state index in [0.29, 0.717) is 13.0 Å². The molecule has 0 aliphatic carbocycles. The number of hydrogen-bond acceptors (Lipinski definition) is 3. The smallest absolute Gasteiger partial charge is 0.225 e. The minimum absolute atomic E-state index is 0.0711. The predicted octanol–water partition coefficient (Wildman–Crippen LogP) is 2.45. The van der Waals surface area contributed by atoms with Gasteiger partial charge in [-0.3, -0.25) is 4.79 Å². The number of anilines is 1. The summed E-state index contributed by atoms with van der Waals surface area (Å²) in [5.41, 5.74) is 7.50. The lowest BCUT2D eigenvalue weighted by atomic mass is 9.92. The highest BCUT2D eigenvalue weighted by atomic mass is 16.1. The van der Waals surface area contributed by atoms with Gasteiger partial charge in [0.05, 0.1) is 0 Å². The molecule has 1 aromatic carbocycles. The van der Waals surface area contributed by atoms with E-state index in [1.54, 1.807) is 0 Å². The Kier molecular flexibility index (Phi) is 5.76. The van der Waals surface area contributed by atoms with E-state index in [-0.39, 0.29) is 5.91 Å². The van der Waals surface area contributed by atoms with Crippen LogP contribution in [0.3, 0.4) is 0 Å². The highest BCUT2D eigenvalue weighted by Crippen LogP contribution is 2.21. The molecule has 116 valence electrons. The van der Waals surface area contributed by atoms with Crippen LogP contribution in [0.15, 0.2) is 24.3 Å². The molecule has 1 saturated heterocycles. The summed E-state index contributed by atoms with van der Waals surface area (Å²) in [6, 6.07) is 7.71. The molecule has 1 amide bonds. The first kappa shape index (κ1) is 16.0. The summed E-state index contributed by atoms with van der Waals surface area (Å²) in [6.07, 6.45) is 1.84. The van der Waals surface area contributed by atoms with Gasteiger partial charge in [-0.05, 0) is 29.9 Å². The molecule has 21 heavy (non-hydrogen) atoms. The van der Waals surface area contributed by atoms with Crippen molar-refractivity contribution >= 4 is 11.6 Å². The van der Waals surface area contributed by atoms with Gasteiger partial charge in [0.1, 0.15) is 0 Å². The van der Waals surface area contributed by atoms with E-state index < -0.39 is 0 Å². The molecule has 0 bridgehead atoms. The van der Waals surface area contributed by atoms with Crippen LogP contribution in [-0.4, -0.2) is 30.4 Å². The van der Waals surface area contributed by atoms with E-state index in [9.17, 15) is 4.79 Å². The van der Waals surface area contributed by atoms with E-state index >= 15 is 0 Å². The third-order valence-corrected chi connectivity index (χ3v) is 4.11. The van der Waals surface area contributed by atoms with Crippen molar-refractivity contribution in [2.75, 3.05) is 25.0 Å². The topological polar surface area (TPSA) is 58.4 Å². The quantitative estimate of drug-likeness (QED) is 0.875. The van der Waals surface area contributed by atoms with Crippen molar-refractivity contribution in [1.29, 1.82) is 0 Å². The number of rotatable bonds is 5. The van der Waals surface area contributed by atoms with Gasteiger partial charge >= 0.3 is 0 Å². The van der Waals surface area contributed by atoms with Gasteiger partial charge in [-0.25, -0.2) is 0 Å². The van der Waals surface area contributed by atoms with Gasteiger partial charge in [0.15, 0.2) is 0 Å². The van der Waals surface area contributed by atoms with Crippen LogP contribution in [0.2, 0.25) is 0 Å². The summed E-state index contributed by atoms with van der Waals surface area (Å²) in [5, 5.41) is 2.98. The summed E-state index contributed by atoms with van der Waals surface area (Å²) in [7, 11) is 0. The van der Waals surface area contributed by atoms with Crippen LogP contribution in [0.1, 0.15) is 32.3 Å². The Hall–Kier alpha value is -1.39. The van der Waals surface area contributed by atoms with Crippen molar-refractivity contribution in [3.63, 3.8) is 0 Å². The molecule has 1 aromatic rings. The number of amides is 1. The van der Waals surface area contributed by atoms with Crippen LogP contribution in [-0.2, 0) is 11.3 Å². The maximum atomic E-state index is 12.1. The molecule has 1 heterocycles. The second kappa shape index (κ2) is 7.57. The molecule has 4 heteroatoms. The van der Waals surface area contributed by atoms with Crippen LogP contribution in [0.4, 0.5) is 5.69 Å². The van der Waals surface area contributed by atoms with Crippen molar-refractivity contribution in [3.8, 4) is 0 Å².